The fourth-order valence-electron chi connectivity index (χ4n) is 1.94. The number of pyridine rings is 1. The summed E-state index contributed by atoms with van der Waals surface area (Å²) in [7, 11) is 0. The Hall–Kier alpha value is -2.89. The molecule has 0 bridgehead atoms. The van der Waals surface area contributed by atoms with Crippen molar-refractivity contribution in [2.24, 2.45) is 0 Å². The monoisotopic (exact) mass is 314 g/mol. The average Bonchev–Trinajstić information content (AvgIpc) is 2.55. The molecule has 1 heterocycles. The van der Waals surface area contributed by atoms with Gasteiger partial charge in [0, 0.05) is 18.3 Å². The van der Waals surface area contributed by atoms with Gasteiger partial charge in [-0.15, -0.1) is 0 Å². The van der Waals surface area contributed by atoms with Gasteiger partial charge in [0.1, 0.15) is 12.6 Å². The Morgan fingerprint density at radius 2 is 1.96 bits per heavy atom. The minimum atomic E-state index is -1.14. The molecule has 2 aromatic rings. The lowest BCUT2D eigenvalue weighted by atomic mass is 10.1. The molecule has 0 spiro atoms. The van der Waals surface area contributed by atoms with Gasteiger partial charge in [-0.2, -0.15) is 0 Å². The Kier molecular flexibility index (Phi) is 5.68. The Morgan fingerprint density at radius 3 is 2.57 bits per heavy atom. The Labute approximate surface area is 134 Å². The molecule has 0 aliphatic carbocycles. The SMILES string of the molecule is Cc1ccc(CC(NC(=O)OCc2ccccc2)C(=O)O)nc1. The third-order valence-corrected chi connectivity index (χ3v) is 3.19. The first kappa shape index (κ1) is 16.5. The smallest absolute Gasteiger partial charge is 0.408 e. The van der Waals surface area contributed by atoms with E-state index in [1.165, 1.54) is 0 Å². The molecule has 23 heavy (non-hydrogen) atoms. The predicted octanol–water partition coefficient (Wildman–Crippen LogP) is 2.31. The van der Waals surface area contributed by atoms with Crippen molar-refractivity contribution < 1.29 is 19.4 Å². The molecule has 0 aliphatic rings. The maximum atomic E-state index is 11.8. The maximum absolute atomic E-state index is 11.8. The highest BCUT2D eigenvalue weighted by atomic mass is 16.5. The molecular formula is C17H18N2O4. The minimum Gasteiger partial charge on any atom is -0.480 e. The van der Waals surface area contributed by atoms with Crippen LogP contribution in [0.5, 0.6) is 0 Å². The molecule has 120 valence electrons. The van der Waals surface area contributed by atoms with Gasteiger partial charge in [-0.05, 0) is 24.1 Å². The summed E-state index contributed by atoms with van der Waals surface area (Å²) >= 11 is 0. The van der Waals surface area contributed by atoms with Crippen molar-refractivity contribution in [3.05, 3.63) is 65.5 Å². The van der Waals surface area contributed by atoms with Crippen LogP contribution in [-0.2, 0) is 22.6 Å². The highest BCUT2D eigenvalue weighted by Crippen LogP contribution is 2.04. The van der Waals surface area contributed by atoms with Gasteiger partial charge in [0.25, 0.3) is 0 Å². The zero-order valence-electron chi connectivity index (χ0n) is 12.7. The van der Waals surface area contributed by atoms with E-state index in [2.05, 4.69) is 10.3 Å². The Bertz CT molecular complexity index is 656. The minimum absolute atomic E-state index is 0.0851. The van der Waals surface area contributed by atoms with E-state index < -0.39 is 18.1 Å². The van der Waals surface area contributed by atoms with E-state index in [4.69, 9.17) is 4.74 Å². The summed E-state index contributed by atoms with van der Waals surface area (Å²) < 4.78 is 5.03. The van der Waals surface area contributed by atoms with Crippen LogP contribution < -0.4 is 5.32 Å². The van der Waals surface area contributed by atoms with Crippen LogP contribution in [0.3, 0.4) is 0 Å². The van der Waals surface area contributed by atoms with Crippen molar-refractivity contribution in [2.45, 2.75) is 26.0 Å². The summed E-state index contributed by atoms with van der Waals surface area (Å²) in [6, 6.07) is 11.7. The number of hydrogen-bond donors (Lipinski definition) is 2. The van der Waals surface area contributed by atoms with Crippen molar-refractivity contribution in [3.63, 3.8) is 0 Å². The topological polar surface area (TPSA) is 88.5 Å². The van der Waals surface area contributed by atoms with Crippen LogP contribution in [0.4, 0.5) is 4.79 Å². The summed E-state index contributed by atoms with van der Waals surface area (Å²) in [6.07, 6.45) is 0.978. The van der Waals surface area contributed by atoms with Crippen LogP contribution in [0.2, 0.25) is 0 Å². The van der Waals surface area contributed by atoms with Gasteiger partial charge in [0.2, 0.25) is 0 Å². The van der Waals surface area contributed by atoms with E-state index in [9.17, 15) is 14.7 Å². The van der Waals surface area contributed by atoms with Gasteiger partial charge >= 0.3 is 12.1 Å². The maximum Gasteiger partial charge on any atom is 0.408 e. The zero-order valence-corrected chi connectivity index (χ0v) is 12.7. The first-order valence-electron chi connectivity index (χ1n) is 7.16. The van der Waals surface area contributed by atoms with Crippen molar-refractivity contribution in [1.29, 1.82) is 0 Å². The number of aliphatic carboxylic acids is 1. The molecule has 0 radical (unpaired) electrons. The largest absolute Gasteiger partial charge is 0.480 e. The van der Waals surface area contributed by atoms with Crippen LogP contribution in [0.25, 0.3) is 0 Å². The first-order valence-corrected chi connectivity index (χ1v) is 7.16. The molecule has 1 aromatic heterocycles. The number of carboxylic acids is 1. The zero-order chi connectivity index (χ0) is 16.7. The van der Waals surface area contributed by atoms with E-state index >= 15 is 0 Å². The number of hydrogen-bond acceptors (Lipinski definition) is 4. The molecule has 0 saturated carbocycles. The Balaban J connectivity index is 1.89. The second kappa shape index (κ2) is 7.93. The molecule has 1 aromatic carbocycles. The molecular weight excluding hydrogens is 296 g/mol. The first-order chi connectivity index (χ1) is 11.0. The van der Waals surface area contributed by atoms with Crippen LogP contribution in [0.15, 0.2) is 48.7 Å². The molecule has 0 saturated heterocycles. The average molecular weight is 314 g/mol. The predicted molar refractivity (Wildman–Crippen MR) is 83.9 cm³/mol. The van der Waals surface area contributed by atoms with E-state index in [0.29, 0.717) is 5.69 Å². The number of nitrogens with one attached hydrogen (secondary N) is 1. The van der Waals surface area contributed by atoms with Gasteiger partial charge in [0.05, 0.1) is 0 Å². The lowest BCUT2D eigenvalue weighted by molar-refractivity contribution is -0.139. The number of aromatic nitrogens is 1. The summed E-state index contributed by atoms with van der Waals surface area (Å²) in [5.41, 5.74) is 2.40. The fourth-order valence-corrected chi connectivity index (χ4v) is 1.94. The van der Waals surface area contributed by atoms with E-state index in [0.717, 1.165) is 11.1 Å². The fraction of sp³-hybridized carbons (Fsp3) is 0.235. The standard InChI is InChI=1S/C17H18N2O4/c1-12-7-8-14(18-10-12)9-15(16(20)21)19-17(22)23-11-13-5-3-2-4-6-13/h2-8,10,15H,9,11H2,1H3,(H,19,22)(H,20,21). The molecule has 1 amide bonds. The van der Waals surface area contributed by atoms with Gasteiger partial charge in [-0.3, -0.25) is 4.98 Å². The normalized spacial score (nSPS) is 11.5. The molecule has 2 rings (SSSR count). The van der Waals surface area contributed by atoms with Crippen LogP contribution in [0.1, 0.15) is 16.8 Å². The molecule has 1 atom stereocenters. The number of alkyl carbamates (subject to hydrolysis) is 1. The second-order valence-corrected chi connectivity index (χ2v) is 5.13. The summed E-state index contributed by atoms with van der Waals surface area (Å²) in [4.78, 5) is 27.2. The summed E-state index contributed by atoms with van der Waals surface area (Å²) in [5.74, 6) is -1.14. The lowest BCUT2D eigenvalue weighted by Gasteiger charge is -2.14. The van der Waals surface area contributed by atoms with Crippen molar-refractivity contribution in [2.75, 3.05) is 0 Å². The van der Waals surface area contributed by atoms with E-state index in [-0.39, 0.29) is 13.0 Å². The Morgan fingerprint density at radius 1 is 1.22 bits per heavy atom. The van der Waals surface area contributed by atoms with Crippen LogP contribution >= 0.6 is 0 Å². The third kappa shape index (κ3) is 5.43. The van der Waals surface area contributed by atoms with Gasteiger partial charge in [0.15, 0.2) is 0 Å². The number of carbonyl (C=O) groups is 2. The number of ether oxygens (including phenoxy) is 1. The van der Waals surface area contributed by atoms with Crippen molar-refractivity contribution in [1.82, 2.24) is 10.3 Å². The number of carboxylic acid groups (broad SMARTS) is 1. The number of carbonyl (C=O) groups excluding carboxylic acids is 1. The summed E-state index contributed by atoms with van der Waals surface area (Å²) in [6.45, 7) is 1.98. The summed E-state index contributed by atoms with van der Waals surface area (Å²) in [5, 5.41) is 11.6. The van der Waals surface area contributed by atoms with Gasteiger partial charge in [-0.25, -0.2) is 9.59 Å². The van der Waals surface area contributed by atoms with Gasteiger partial charge < -0.3 is 15.2 Å². The molecule has 2 N–H and O–H groups in total. The molecule has 6 heteroatoms. The van der Waals surface area contributed by atoms with E-state index in [1.807, 2.05) is 43.3 Å². The molecule has 0 aliphatic heterocycles. The molecule has 0 fully saturated rings. The molecule has 1 unspecified atom stereocenters. The van der Waals surface area contributed by atoms with Crippen LogP contribution in [0, 0.1) is 6.92 Å². The quantitative estimate of drug-likeness (QED) is 0.854. The third-order valence-electron chi connectivity index (χ3n) is 3.19. The highest BCUT2D eigenvalue weighted by molar-refractivity contribution is 5.80. The lowest BCUT2D eigenvalue weighted by Crippen LogP contribution is -2.42. The van der Waals surface area contributed by atoms with Crippen molar-refractivity contribution >= 4 is 12.1 Å². The molecule has 6 nitrogen and oxygen atoms in total. The van der Waals surface area contributed by atoms with Crippen molar-refractivity contribution in [3.8, 4) is 0 Å². The highest BCUT2D eigenvalue weighted by Gasteiger charge is 2.21. The number of benzene rings is 1. The van der Waals surface area contributed by atoms with Gasteiger partial charge in [-0.1, -0.05) is 36.4 Å². The van der Waals surface area contributed by atoms with Crippen LogP contribution in [-0.4, -0.2) is 28.2 Å². The number of amides is 1. The number of nitrogens with zero attached hydrogens (tertiary/aromatic N) is 1. The van der Waals surface area contributed by atoms with E-state index in [1.54, 1.807) is 12.3 Å². The number of rotatable bonds is 6. The second-order valence-electron chi connectivity index (χ2n) is 5.13. The number of aryl methyl sites for hydroxylation is 1.